The van der Waals surface area contributed by atoms with Crippen molar-refractivity contribution >= 4 is 17.9 Å². The maximum atomic E-state index is 11.9. The van der Waals surface area contributed by atoms with Gasteiger partial charge in [-0.2, -0.15) is 0 Å². The molecule has 1 fully saturated rings. The van der Waals surface area contributed by atoms with Crippen molar-refractivity contribution in [1.29, 1.82) is 0 Å². The third kappa shape index (κ3) is 5.04. The summed E-state index contributed by atoms with van der Waals surface area (Å²) in [5, 5.41) is 14.1. The Morgan fingerprint density at radius 3 is 2.75 bits per heavy atom. The fourth-order valence-corrected chi connectivity index (χ4v) is 1.93. The number of carbonyl (C=O) groups is 3. The number of carboxylic acid groups (broad SMARTS) is 1. The molecular formula is C12H22N4O4. The second kappa shape index (κ2) is 7.68. The molecule has 0 aromatic carbocycles. The van der Waals surface area contributed by atoms with Gasteiger partial charge in [-0.05, 0) is 33.5 Å². The largest absolute Gasteiger partial charge is 0.480 e. The smallest absolute Gasteiger partial charge is 0.328 e. The maximum absolute atomic E-state index is 11.9. The quantitative estimate of drug-likeness (QED) is 0.539. The van der Waals surface area contributed by atoms with Crippen molar-refractivity contribution in [3.05, 3.63) is 0 Å². The average Bonchev–Trinajstić information content (AvgIpc) is 2.37. The number of nitrogens with zero attached hydrogens (tertiary/aromatic N) is 2. The molecule has 0 radical (unpaired) electrons. The first-order chi connectivity index (χ1) is 9.41. The molecule has 0 spiro atoms. The molecule has 8 nitrogen and oxygen atoms in total. The van der Waals surface area contributed by atoms with Crippen molar-refractivity contribution in [3.8, 4) is 0 Å². The Hall–Kier alpha value is -1.83. The maximum Gasteiger partial charge on any atom is 0.328 e. The Kier molecular flexibility index (Phi) is 6.23. The van der Waals surface area contributed by atoms with Crippen LogP contribution in [0.25, 0.3) is 0 Å². The van der Waals surface area contributed by atoms with Gasteiger partial charge in [0.25, 0.3) is 0 Å². The van der Waals surface area contributed by atoms with Gasteiger partial charge in [0.15, 0.2) is 0 Å². The van der Waals surface area contributed by atoms with Gasteiger partial charge in [-0.15, -0.1) is 0 Å². The van der Waals surface area contributed by atoms with Crippen LogP contribution in [0.2, 0.25) is 0 Å². The highest BCUT2D eigenvalue weighted by molar-refractivity contribution is 5.90. The fraction of sp³-hybridized carbons (Fsp3) is 0.750. The Morgan fingerprint density at radius 1 is 1.45 bits per heavy atom. The summed E-state index contributed by atoms with van der Waals surface area (Å²) in [4.78, 5) is 37.3. The topological polar surface area (TPSA) is 102 Å². The van der Waals surface area contributed by atoms with E-state index in [1.54, 1.807) is 0 Å². The van der Waals surface area contributed by atoms with E-state index >= 15 is 0 Å². The van der Waals surface area contributed by atoms with Crippen LogP contribution in [0.15, 0.2) is 0 Å². The molecule has 8 heteroatoms. The SMILES string of the molecule is CN(C)CCCCNC(=O)N1CC(=O)NCC1C(=O)O. The number of hydrogen-bond acceptors (Lipinski definition) is 4. The minimum Gasteiger partial charge on any atom is -0.480 e. The van der Waals surface area contributed by atoms with Crippen molar-refractivity contribution in [2.75, 3.05) is 40.3 Å². The van der Waals surface area contributed by atoms with E-state index in [2.05, 4.69) is 15.5 Å². The molecule has 3 N–H and O–H groups in total. The minimum absolute atomic E-state index is 0.0534. The van der Waals surface area contributed by atoms with Gasteiger partial charge in [-0.3, -0.25) is 9.69 Å². The number of amides is 3. The summed E-state index contributed by atoms with van der Waals surface area (Å²) in [7, 11) is 3.95. The molecule has 1 aliphatic rings. The van der Waals surface area contributed by atoms with Gasteiger partial charge in [-0.25, -0.2) is 9.59 Å². The van der Waals surface area contributed by atoms with Gasteiger partial charge in [0, 0.05) is 13.1 Å². The summed E-state index contributed by atoms with van der Waals surface area (Å²) in [6.07, 6.45) is 1.75. The third-order valence-corrected chi connectivity index (χ3v) is 3.04. The van der Waals surface area contributed by atoms with Crippen molar-refractivity contribution in [2.45, 2.75) is 18.9 Å². The molecule has 1 rings (SSSR count). The lowest BCUT2D eigenvalue weighted by atomic mass is 10.2. The number of urea groups is 1. The first-order valence-corrected chi connectivity index (χ1v) is 6.60. The first kappa shape index (κ1) is 16.2. The van der Waals surface area contributed by atoms with Crippen LogP contribution >= 0.6 is 0 Å². The molecule has 0 aromatic rings. The molecule has 1 heterocycles. The Bertz CT molecular complexity index is 372. The van der Waals surface area contributed by atoms with Crippen molar-refractivity contribution in [3.63, 3.8) is 0 Å². The van der Waals surface area contributed by atoms with Gasteiger partial charge in [0.1, 0.15) is 12.6 Å². The van der Waals surface area contributed by atoms with Crippen LogP contribution in [0.1, 0.15) is 12.8 Å². The minimum atomic E-state index is -1.12. The lowest BCUT2D eigenvalue weighted by Crippen LogP contribution is -2.61. The Labute approximate surface area is 118 Å². The van der Waals surface area contributed by atoms with Crippen LogP contribution in [-0.4, -0.2) is 79.1 Å². The van der Waals surface area contributed by atoms with Crippen molar-refractivity contribution < 1.29 is 19.5 Å². The summed E-state index contributed by atoms with van der Waals surface area (Å²) < 4.78 is 0. The number of carboxylic acids is 1. The normalized spacial score (nSPS) is 18.9. The van der Waals surface area contributed by atoms with Gasteiger partial charge < -0.3 is 20.6 Å². The van der Waals surface area contributed by atoms with Crippen LogP contribution in [0.5, 0.6) is 0 Å². The summed E-state index contributed by atoms with van der Waals surface area (Å²) in [5.41, 5.74) is 0. The molecule has 1 saturated heterocycles. The molecule has 20 heavy (non-hydrogen) atoms. The zero-order chi connectivity index (χ0) is 15.1. The molecule has 0 aromatic heterocycles. The molecule has 3 amide bonds. The highest BCUT2D eigenvalue weighted by Gasteiger charge is 2.34. The summed E-state index contributed by atoms with van der Waals surface area (Å²) in [6, 6.07) is -1.51. The monoisotopic (exact) mass is 286 g/mol. The summed E-state index contributed by atoms with van der Waals surface area (Å²) in [5.74, 6) is -1.46. The van der Waals surface area contributed by atoms with Crippen LogP contribution in [-0.2, 0) is 9.59 Å². The predicted molar refractivity (Wildman–Crippen MR) is 72.3 cm³/mol. The van der Waals surface area contributed by atoms with Crippen LogP contribution in [0.3, 0.4) is 0 Å². The zero-order valence-electron chi connectivity index (χ0n) is 11.9. The van der Waals surface area contributed by atoms with Gasteiger partial charge >= 0.3 is 12.0 Å². The van der Waals surface area contributed by atoms with E-state index in [1.807, 2.05) is 14.1 Å². The second-order valence-electron chi connectivity index (χ2n) is 5.03. The van der Waals surface area contributed by atoms with Crippen LogP contribution in [0.4, 0.5) is 4.79 Å². The highest BCUT2D eigenvalue weighted by Crippen LogP contribution is 2.05. The highest BCUT2D eigenvalue weighted by atomic mass is 16.4. The molecular weight excluding hydrogens is 264 g/mol. The van der Waals surface area contributed by atoms with Crippen molar-refractivity contribution in [2.24, 2.45) is 0 Å². The van der Waals surface area contributed by atoms with E-state index in [-0.39, 0.29) is 19.0 Å². The van der Waals surface area contributed by atoms with Crippen LogP contribution in [0, 0.1) is 0 Å². The number of unbranched alkanes of at least 4 members (excludes halogenated alkanes) is 1. The van der Waals surface area contributed by atoms with Crippen molar-refractivity contribution in [1.82, 2.24) is 20.4 Å². The molecule has 1 atom stereocenters. The summed E-state index contributed by atoms with van der Waals surface area (Å²) in [6.45, 7) is 1.12. The molecule has 0 saturated carbocycles. The predicted octanol–water partition coefficient (Wildman–Crippen LogP) is -1.08. The number of aliphatic carboxylic acids is 1. The number of carbonyl (C=O) groups excluding carboxylic acids is 2. The fourth-order valence-electron chi connectivity index (χ4n) is 1.93. The number of hydrogen-bond donors (Lipinski definition) is 3. The number of rotatable bonds is 6. The van der Waals surface area contributed by atoms with Gasteiger partial charge in [0.2, 0.25) is 5.91 Å². The standard InChI is InChI=1S/C12H22N4O4/c1-15(2)6-4-3-5-13-12(20)16-8-10(17)14-7-9(16)11(18)19/h9H,3-8H2,1-2H3,(H,13,20)(H,14,17)(H,18,19). The van der Waals surface area contributed by atoms with Gasteiger partial charge in [0.05, 0.1) is 0 Å². The van der Waals surface area contributed by atoms with Gasteiger partial charge in [-0.1, -0.05) is 0 Å². The molecule has 0 aliphatic carbocycles. The lowest BCUT2D eigenvalue weighted by molar-refractivity contribution is -0.144. The Morgan fingerprint density at radius 2 is 2.15 bits per heavy atom. The van der Waals surface area contributed by atoms with E-state index in [9.17, 15) is 14.4 Å². The second-order valence-corrected chi connectivity index (χ2v) is 5.03. The third-order valence-electron chi connectivity index (χ3n) is 3.04. The summed E-state index contributed by atoms with van der Waals surface area (Å²) >= 11 is 0. The number of piperazine rings is 1. The van der Waals surface area contributed by atoms with E-state index < -0.39 is 18.0 Å². The molecule has 0 bridgehead atoms. The van der Waals surface area contributed by atoms with Crippen LogP contribution < -0.4 is 10.6 Å². The lowest BCUT2D eigenvalue weighted by Gasteiger charge is -2.32. The van der Waals surface area contributed by atoms with E-state index in [0.29, 0.717) is 6.54 Å². The first-order valence-electron chi connectivity index (χ1n) is 6.60. The van der Waals surface area contributed by atoms with E-state index in [0.717, 1.165) is 24.3 Å². The Balaban J connectivity index is 2.39. The average molecular weight is 286 g/mol. The van der Waals surface area contributed by atoms with E-state index in [1.165, 1.54) is 0 Å². The molecule has 1 unspecified atom stereocenters. The zero-order valence-corrected chi connectivity index (χ0v) is 11.9. The molecule has 114 valence electrons. The molecule has 1 aliphatic heterocycles. The number of nitrogens with one attached hydrogen (secondary N) is 2. The van der Waals surface area contributed by atoms with E-state index in [4.69, 9.17) is 5.11 Å².